The van der Waals surface area contributed by atoms with Crippen molar-refractivity contribution in [2.75, 3.05) is 6.54 Å². The van der Waals surface area contributed by atoms with Crippen molar-refractivity contribution in [1.82, 2.24) is 5.32 Å². The molecule has 0 radical (unpaired) electrons. The average molecular weight is 179 g/mol. The Morgan fingerprint density at radius 2 is 2.31 bits per heavy atom. The first-order chi connectivity index (χ1) is 6.29. The predicted molar refractivity (Wildman–Crippen MR) is 51.1 cm³/mol. The fourth-order valence-electron chi connectivity index (χ4n) is 1.95. The van der Waals surface area contributed by atoms with Crippen LogP contribution in [-0.4, -0.2) is 6.54 Å². The standard InChI is InChI=1S/C11H14FN/c1-8-9(4-2-5-10(8)12)11-6-3-7-13-11/h2,4-5,11,13H,3,6-7H2,1H3/t11-/m1/s1. The van der Waals surface area contributed by atoms with E-state index >= 15 is 0 Å². The molecule has 0 saturated carbocycles. The Bertz CT molecular complexity index is 303. The number of halogens is 1. The van der Waals surface area contributed by atoms with Gasteiger partial charge in [-0.05, 0) is 43.5 Å². The van der Waals surface area contributed by atoms with E-state index in [1.165, 1.54) is 12.5 Å². The van der Waals surface area contributed by atoms with Gasteiger partial charge in [-0.1, -0.05) is 12.1 Å². The van der Waals surface area contributed by atoms with Crippen molar-refractivity contribution >= 4 is 0 Å². The molecule has 1 nitrogen and oxygen atoms in total. The lowest BCUT2D eigenvalue weighted by Crippen LogP contribution is -2.14. The molecule has 2 rings (SSSR count). The lowest BCUT2D eigenvalue weighted by molar-refractivity contribution is 0.595. The van der Waals surface area contributed by atoms with Gasteiger partial charge in [0.25, 0.3) is 0 Å². The Labute approximate surface area is 78.0 Å². The molecule has 0 bridgehead atoms. The summed E-state index contributed by atoms with van der Waals surface area (Å²) in [6.07, 6.45) is 2.32. The molecule has 1 aliphatic rings. The van der Waals surface area contributed by atoms with Crippen LogP contribution < -0.4 is 5.32 Å². The highest BCUT2D eigenvalue weighted by Gasteiger charge is 2.18. The summed E-state index contributed by atoms with van der Waals surface area (Å²) in [4.78, 5) is 0. The van der Waals surface area contributed by atoms with Crippen LogP contribution in [-0.2, 0) is 0 Å². The Kier molecular flexibility index (Phi) is 2.32. The van der Waals surface area contributed by atoms with Gasteiger partial charge in [0, 0.05) is 6.04 Å². The largest absolute Gasteiger partial charge is 0.310 e. The lowest BCUT2D eigenvalue weighted by Gasteiger charge is -2.13. The molecular weight excluding hydrogens is 165 g/mol. The zero-order valence-corrected chi connectivity index (χ0v) is 7.81. The first kappa shape index (κ1) is 8.70. The van der Waals surface area contributed by atoms with E-state index in [2.05, 4.69) is 5.32 Å². The van der Waals surface area contributed by atoms with Crippen LogP contribution in [0.4, 0.5) is 4.39 Å². The summed E-state index contributed by atoms with van der Waals surface area (Å²) in [5.41, 5.74) is 1.92. The maximum Gasteiger partial charge on any atom is 0.126 e. The van der Waals surface area contributed by atoms with E-state index in [1.807, 2.05) is 13.0 Å². The SMILES string of the molecule is Cc1c(F)cccc1[C@H]1CCCN1. The van der Waals surface area contributed by atoms with Crippen molar-refractivity contribution in [3.05, 3.63) is 35.1 Å². The summed E-state index contributed by atoms with van der Waals surface area (Å²) in [7, 11) is 0. The second kappa shape index (κ2) is 3.46. The van der Waals surface area contributed by atoms with Gasteiger partial charge in [0.2, 0.25) is 0 Å². The van der Waals surface area contributed by atoms with Crippen molar-refractivity contribution < 1.29 is 4.39 Å². The van der Waals surface area contributed by atoms with E-state index in [4.69, 9.17) is 0 Å². The molecule has 0 spiro atoms. The highest BCUT2D eigenvalue weighted by molar-refractivity contribution is 5.30. The summed E-state index contributed by atoms with van der Waals surface area (Å²) < 4.78 is 13.2. The first-order valence-electron chi connectivity index (χ1n) is 4.77. The van der Waals surface area contributed by atoms with E-state index in [-0.39, 0.29) is 5.82 Å². The predicted octanol–water partition coefficient (Wildman–Crippen LogP) is 2.56. The van der Waals surface area contributed by atoms with Crippen molar-refractivity contribution in [2.24, 2.45) is 0 Å². The first-order valence-corrected chi connectivity index (χ1v) is 4.77. The molecule has 1 heterocycles. The van der Waals surface area contributed by atoms with Gasteiger partial charge in [-0.3, -0.25) is 0 Å². The van der Waals surface area contributed by atoms with Crippen LogP contribution in [0, 0.1) is 12.7 Å². The van der Waals surface area contributed by atoms with Crippen LogP contribution in [0.3, 0.4) is 0 Å². The summed E-state index contributed by atoms with van der Waals surface area (Å²) in [5, 5.41) is 3.37. The molecule has 1 aliphatic heterocycles. The topological polar surface area (TPSA) is 12.0 Å². The third kappa shape index (κ3) is 1.59. The zero-order chi connectivity index (χ0) is 9.26. The summed E-state index contributed by atoms with van der Waals surface area (Å²) in [6, 6.07) is 5.70. The molecule has 1 aromatic carbocycles. The number of benzene rings is 1. The third-order valence-corrected chi connectivity index (χ3v) is 2.75. The van der Waals surface area contributed by atoms with E-state index in [0.29, 0.717) is 6.04 Å². The molecule has 1 fully saturated rings. The van der Waals surface area contributed by atoms with E-state index in [0.717, 1.165) is 24.1 Å². The minimum absolute atomic E-state index is 0.0915. The van der Waals surface area contributed by atoms with Gasteiger partial charge < -0.3 is 5.32 Å². The normalized spacial score (nSPS) is 22.2. The monoisotopic (exact) mass is 179 g/mol. The van der Waals surface area contributed by atoms with Gasteiger partial charge in [-0.15, -0.1) is 0 Å². The number of hydrogen-bond acceptors (Lipinski definition) is 1. The molecule has 0 aromatic heterocycles. The van der Waals surface area contributed by atoms with Gasteiger partial charge in [-0.25, -0.2) is 4.39 Å². The Balaban J connectivity index is 2.33. The maximum atomic E-state index is 13.2. The molecule has 2 heteroatoms. The van der Waals surface area contributed by atoms with Gasteiger partial charge >= 0.3 is 0 Å². The summed E-state index contributed by atoms with van der Waals surface area (Å²) in [6.45, 7) is 2.91. The highest BCUT2D eigenvalue weighted by Crippen LogP contribution is 2.26. The van der Waals surface area contributed by atoms with Crippen molar-refractivity contribution in [3.8, 4) is 0 Å². The molecule has 0 amide bonds. The van der Waals surface area contributed by atoms with Crippen LogP contribution in [0.1, 0.15) is 30.0 Å². The second-order valence-electron chi connectivity index (χ2n) is 3.60. The van der Waals surface area contributed by atoms with Crippen LogP contribution in [0.15, 0.2) is 18.2 Å². The molecule has 0 aliphatic carbocycles. The zero-order valence-electron chi connectivity index (χ0n) is 7.81. The fraction of sp³-hybridized carbons (Fsp3) is 0.455. The smallest absolute Gasteiger partial charge is 0.126 e. The van der Waals surface area contributed by atoms with Crippen LogP contribution in [0.2, 0.25) is 0 Å². The number of nitrogens with one attached hydrogen (secondary N) is 1. The van der Waals surface area contributed by atoms with Gasteiger partial charge in [0.05, 0.1) is 0 Å². The molecule has 0 unspecified atom stereocenters. The van der Waals surface area contributed by atoms with E-state index < -0.39 is 0 Å². The molecule has 1 atom stereocenters. The molecule has 13 heavy (non-hydrogen) atoms. The summed E-state index contributed by atoms with van der Waals surface area (Å²) in [5.74, 6) is -0.0915. The lowest BCUT2D eigenvalue weighted by atomic mass is 10.00. The highest BCUT2D eigenvalue weighted by atomic mass is 19.1. The minimum atomic E-state index is -0.0915. The maximum absolute atomic E-state index is 13.2. The van der Waals surface area contributed by atoms with Crippen molar-refractivity contribution in [3.63, 3.8) is 0 Å². The van der Waals surface area contributed by atoms with Crippen LogP contribution in [0.5, 0.6) is 0 Å². The van der Waals surface area contributed by atoms with Crippen molar-refractivity contribution in [1.29, 1.82) is 0 Å². The van der Waals surface area contributed by atoms with Gasteiger partial charge in [0.15, 0.2) is 0 Å². The van der Waals surface area contributed by atoms with Crippen LogP contribution >= 0.6 is 0 Å². The van der Waals surface area contributed by atoms with Crippen molar-refractivity contribution in [2.45, 2.75) is 25.8 Å². The van der Waals surface area contributed by atoms with E-state index in [1.54, 1.807) is 6.07 Å². The molecular formula is C11H14FN. The second-order valence-corrected chi connectivity index (χ2v) is 3.60. The molecule has 1 aromatic rings. The fourth-order valence-corrected chi connectivity index (χ4v) is 1.95. The number of hydrogen-bond donors (Lipinski definition) is 1. The van der Waals surface area contributed by atoms with E-state index in [9.17, 15) is 4.39 Å². The van der Waals surface area contributed by atoms with Gasteiger partial charge in [-0.2, -0.15) is 0 Å². The van der Waals surface area contributed by atoms with Gasteiger partial charge in [0.1, 0.15) is 5.82 Å². The summed E-state index contributed by atoms with van der Waals surface area (Å²) >= 11 is 0. The minimum Gasteiger partial charge on any atom is -0.310 e. The molecule has 70 valence electrons. The third-order valence-electron chi connectivity index (χ3n) is 2.75. The van der Waals surface area contributed by atoms with Crippen LogP contribution in [0.25, 0.3) is 0 Å². The molecule has 1 saturated heterocycles. The molecule has 1 N–H and O–H groups in total. The number of rotatable bonds is 1. The average Bonchev–Trinajstić information content (AvgIpc) is 2.62. The quantitative estimate of drug-likeness (QED) is 0.698. The Morgan fingerprint density at radius 1 is 1.46 bits per heavy atom. The Morgan fingerprint density at radius 3 is 3.00 bits per heavy atom. The Hall–Kier alpha value is -0.890.